The Kier molecular flexibility index (Phi) is 6.97. The van der Waals surface area contributed by atoms with Gasteiger partial charge in [-0.05, 0) is 30.0 Å². The summed E-state index contributed by atoms with van der Waals surface area (Å²) in [7, 11) is -3.75. The molecule has 5 heteroatoms. The molecule has 1 aromatic carbocycles. The van der Waals surface area contributed by atoms with Crippen molar-refractivity contribution in [2.24, 2.45) is 0 Å². The third-order valence-electron chi connectivity index (χ3n) is 3.02. The maximum absolute atomic E-state index is 11.9. The van der Waals surface area contributed by atoms with Gasteiger partial charge in [-0.1, -0.05) is 38.8 Å². The summed E-state index contributed by atoms with van der Waals surface area (Å²) in [6.45, 7) is 4.17. The summed E-state index contributed by atoms with van der Waals surface area (Å²) in [5.41, 5.74) is 2.18. The molecule has 20 heavy (non-hydrogen) atoms. The number of hydrogen-bond acceptors (Lipinski definition) is 3. The topological polar surface area (TPSA) is 63.6 Å². The first-order valence-electron chi connectivity index (χ1n) is 7.09. The predicted molar refractivity (Wildman–Crippen MR) is 80.4 cm³/mol. The van der Waals surface area contributed by atoms with Gasteiger partial charge in [0, 0.05) is 6.42 Å². The summed E-state index contributed by atoms with van der Waals surface area (Å²) in [4.78, 5) is 20.1. The summed E-state index contributed by atoms with van der Waals surface area (Å²) in [6, 6.07) is 5.61. The molecule has 1 atom stereocenters. The van der Waals surface area contributed by atoms with Crippen LogP contribution in [0.3, 0.4) is 0 Å². The lowest BCUT2D eigenvalue weighted by Crippen LogP contribution is -2.03. The van der Waals surface area contributed by atoms with Crippen molar-refractivity contribution in [2.75, 3.05) is 6.16 Å². The van der Waals surface area contributed by atoms with Crippen molar-refractivity contribution in [3.63, 3.8) is 0 Å². The van der Waals surface area contributed by atoms with Crippen LogP contribution in [0, 0.1) is 0 Å². The molecule has 0 bridgehead atoms. The van der Waals surface area contributed by atoms with Crippen LogP contribution in [-0.2, 0) is 22.2 Å². The molecular weight excluding hydrogens is 275 g/mol. The van der Waals surface area contributed by atoms with E-state index in [-0.39, 0.29) is 12.6 Å². The van der Waals surface area contributed by atoms with Crippen LogP contribution >= 0.6 is 7.60 Å². The zero-order valence-corrected chi connectivity index (χ0v) is 13.1. The van der Waals surface area contributed by atoms with Gasteiger partial charge in [-0.25, -0.2) is 4.57 Å². The zero-order valence-electron chi connectivity index (χ0n) is 12.2. The van der Waals surface area contributed by atoms with Gasteiger partial charge < -0.3 is 14.2 Å². The number of hydrogen-bond donors (Lipinski definition) is 1. The summed E-state index contributed by atoms with van der Waals surface area (Å²) < 4.78 is 17.3. The van der Waals surface area contributed by atoms with Crippen LogP contribution in [0.5, 0.6) is 5.75 Å². The molecule has 0 radical (unpaired) electrons. The van der Waals surface area contributed by atoms with E-state index in [1.807, 2.05) is 12.1 Å². The third-order valence-corrected chi connectivity index (χ3v) is 4.33. The summed E-state index contributed by atoms with van der Waals surface area (Å²) >= 11 is 0. The minimum atomic E-state index is -3.75. The SMILES string of the molecule is CCCc1cccc(OP(=O)(O)CCC=O)c1CCC. The van der Waals surface area contributed by atoms with Gasteiger partial charge in [0.05, 0.1) is 6.16 Å². The molecule has 0 saturated carbocycles. The number of carbonyl (C=O) groups is 1. The van der Waals surface area contributed by atoms with E-state index in [0.717, 1.165) is 31.2 Å². The van der Waals surface area contributed by atoms with Gasteiger partial charge in [-0.15, -0.1) is 0 Å². The average Bonchev–Trinajstić information content (AvgIpc) is 2.40. The minimum absolute atomic E-state index is 0.0333. The third kappa shape index (κ3) is 5.10. The maximum atomic E-state index is 11.9. The second-order valence-corrected chi connectivity index (χ2v) is 6.71. The van der Waals surface area contributed by atoms with Crippen LogP contribution < -0.4 is 4.52 Å². The fourth-order valence-electron chi connectivity index (χ4n) is 2.15. The normalized spacial score (nSPS) is 13.8. The largest absolute Gasteiger partial charge is 0.424 e. The van der Waals surface area contributed by atoms with E-state index < -0.39 is 7.60 Å². The summed E-state index contributed by atoms with van der Waals surface area (Å²) in [6.07, 6.45) is 4.23. The second-order valence-electron chi connectivity index (χ2n) is 4.80. The number of rotatable bonds is 9. The van der Waals surface area contributed by atoms with Crippen LogP contribution in [0.4, 0.5) is 0 Å². The second kappa shape index (κ2) is 8.23. The lowest BCUT2D eigenvalue weighted by molar-refractivity contribution is -0.107. The molecule has 0 fully saturated rings. The van der Waals surface area contributed by atoms with Crippen LogP contribution in [-0.4, -0.2) is 17.3 Å². The highest BCUT2D eigenvalue weighted by Crippen LogP contribution is 2.44. The van der Waals surface area contributed by atoms with E-state index in [1.54, 1.807) is 6.07 Å². The molecule has 1 N–H and O–H groups in total. The van der Waals surface area contributed by atoms with E-state index in [0.29, 0.717) is 12.0 Å². The fourth-order valence-corrected chi connectivity index (χ4v) is 3.15. The summed E-state index contributed by atoms with van der Waals surface area (Å²) in [5, 5.41) is 0. The van der Waals surface area contributed by atoms with Gasteiger partial charge in [0.2, 0.25) is 0 Å². The fraction of sp³-hybridized carbons (Fsp3) is 0.533. The van der Waals surface area contributed by atoms with Crippen LogP contribution in [0.2, 0.25) is 0 Å². The van der Waals surface area contributed by atoms with E-state index in [9.17, 15) is 14.3 Å². The quantitative estimate of drug-likeness (QED) is 0.557. The standard InChI is InChI=1S/C15H23O4P/c1-3-7-13-9-5-10-15(14(13)8-4-2)19-20(17,18)12-6-11-16/h5,9-11H,3-4,6-8,12H2,1-2H3,(H,17,18). The Morgan fingerprint density at radius 1 is 1.25 bits per heavy atom. The van der Waals surface area contributed by atoms with Gasteiger partial charge in [0.1, 0.15) is 12.0 Å². The lowest BCUT2D eigenvalue weighted by Gasteiger charge is -2.18. The minimum Gasteiger partial charge on any atom is -0.424 e. The molecule has 0 amide bonds. The van der Waals surface area contributed by atoms with Crippen molar-refractivity contribution >= 4 is 13.9 Å². The Balaban J connectivity index is 3.01. The Bertz CT molecular complexity index is 485. The molecule has 0 saturated heterocycles. The van der Waals surface area contributed by atoms with Gasteiger partial charge in [-0.2, -0.15) is 0 Å². The lowest BCUT2D eigenvalue weighted by atomic mass is 9.99. The van der Waals surface area contributed by atoms with E-state index in [1.165, 1.54) is 5.56 Å². The first-order valence-corrected chi connectivity index (χ1v) is 8.86. The first kappa shape index (κ1) is 16.9. The van der Waals surface area contributed by atoms with Crippen molar-refractivity contribution in [1.82, 2.24) is 0 Å². The number of benzene rings is 1. The van der Waals surface area contributed by atoms with Gasteiger partial charge >= 0.3 is 7.60 Å². The van der Waals surface area contributed by atoms with Crippen molar-refractivity contribution in [3.8, 4) is 5.75 Å². The highest BCUT2D eigenvalue weighted by molar-refractivity contribution is 7.53. The van der Waals surface area contributed by atoms with E-state index in [4.69, 9.17) is 4.52 Å². The van der Waals surface area contributed by atoms with E-state index >= 15 is 0 Å². The van der Waals surface area contributed by atoms with Gasteiger partial charge in [-0.3, -0.25) is 0 Å². The highest BCUT2D eigenvalue weighted by Gasteiger charge is 2.22. The molecule has 0 spiro atoms. The molecule has 1 aromatic rings. The first-order chi connectivity index (χ1) is 9.54. The zero-order chi connectivity index (χ0) is 15.0. The molecule has 0 aromatic heterocycles. The monoisotopic (exact) mass is 298 g/mol. The molecule has 1 rings (SSSR count). The maximum Gasteiger partial charge on any atom is 0.377 e. The van der Waals surface area contributed by atoms with Crippen molar-refractivity contribution in [3.05, 3.63) is 29.3 Å². The Morgan fingerprint density at radius 2 is 1.95 bits per heavy atom. The van der Waals surface area contributed by atoms with Crippen LogP contribution in [0.1, 0.15) is 44.2 Å². The Hall–Kier alpha value is -1.12. The number of carbonyl (C=O) groups excluding carboxylic acids is 1. The molecule has 0 aliphatic carbocycles. The van der Waals surface area contributed by atoms with Crippen molar-refractivity contribution < 1.29 is 18.8 Å². The van der Waals surface area contributed by atoms with Crippen molar-refractivity contribution in [1.29, 1.82) is 0 Å². The molecule has 1 unspecified atom stereocenters. The van der Waals surface area contributed by atoms with Gasteiger partial charge in [0.25, 0.3) is 0 Å². The predicted octanol–water partition coefficient (Wildman–Crippen LogP) is 3.74. The molecule has 0 heterocycles. The Morgan fingerprint density at radius 3 is 2.55 bits per heavy atom. The highest BCUT2D eigenvalue weighted by atomic mass is 31.2. The molecule has 4 nitrogen and oxygen atoms in total. The van der Waals surface area contributed by atoms with Gasteiger partial charge in [0.15, 0.2) is 0 Å². The average molecular weight is 298 g/mol. The molecular formula is C15H23O4P. The van der Waals surface area contributed by atoms with E-state index in [2.05, 4.69) is 13.8 Å². The number of aldehydes is 1. The van der Waals surface area contributed by atoms with Crippen molar-refractivity contribution in [2.45, 2.75) is 46.0 Å². The number of aryl methyl sites for hydroxylation is 1. The smallest absolute Gasteiger partial charge is 0.377 e. The van der Waals surface area contributed by atoms with Crippen LogP contribution in [0.25, 0.3) is 0 Å². The summed E-state index contributed by atoms with van der Waals surface area (Å²) in [5.74, 6) is 0.481. The van der Waals surface area contributed by atoms with Crippen LogP contribution in [0.15, 0.2) is 18.2 Å². The Labute approximate surface area is 120 Å². The molecule has 112 valence electrons. The molecule has 0 aliphatic heterocycles. The molecule has 0 aliphatic rings.